The molecule has 0 saturated carbocycles. The summed E-state index contributed by atoms with van der Waals surface area (Å²) in [5.41, 5.74) is 1.11. The topological polar surface area (TPSA) is 84.4 Å². The normalized spacial score (nSPS) is 14.5. The van der Waals surface area contributed by atoms with E-state index in [-0.39, 0.29) is 11.8 Å². The largest absolute Gasteiger partial charge is 0.378 e. The molecule has 0 bridgehead atoms. The Labute approximate surface area is 143 Å². The highest BCUT2D eigenvalue weighted by molar-refractivity contribution is 7.13. The lowest BCUT2D eigenvalue weighted by Gasteiger charge is -2.27. The molecule has 7 nitrogen and oxygen atoms in total. The average molecular weight is 346 g/mol. The van der Waals surface area contributed by atoms with Gasteiger partial charge in [0.1, 0.15) is 5.01 Å². The number of nitrogens with zero attached hydrogens (tertiary/aromatic N) is 3. The molecule has 1 aromatic heterocycles. The molecule has 3 rings (SSSR count). The molecule has 0 atom stereocenters. The number of carbonyl (C=O) groups is 2. The molecular formula is C16H18N4O3S. The Morgan fingerprint density at radius 1 is 1.29 bits per heavy atom. The van der Waals surface area contributed by atoms with Crippen molar-refractivity contribution in [2.45, 2.75) is 13.3 Å². The predicted molar refractivity (Wildman–Crippen MR) is 90.4 cm³/mol. The maximum Gasteiger partial charge on any atom is 0.286 e. The Kier molecular flexibility index (Phi) is 5.17. The van der Waals surface area contributed by atoms with Gasteiger partial charge in [-0.05, 0) is 24.6 Å². The first-order valence-corrected chi connectivity index (χ1v) is 8.60. The molecule has 2 amide bonds. The predicted octanol–water partition coefficient (Wildman–Crippen LogP) is 1.83. The van der Waals surface area contributed by atoms with Gasteiger partial charge in [0, 0.05) is 24.3 Å². The Balaban J connectivity index is 1.70. The van der Waals surface area contributed by atoms with E-state index in [1.54, 1.807) is 29.2 Å². The van der Waals surface area contributed by atoms with E-state index in [2.05, 4.69) is 15.5 Å². The summed E-state index contributed by atoms with van der Waals surface area (Å²) in [6, 6.07) is 6.92. The number of carbonyl (C=O) groups excluding carboxylic acids is 2. The number of rotatable bonds is 4. The van der Waals surface area contributed by atoms with Crippen molar-refractivity contribution in [2.24, 2.45) is 0 Å². The summed E-state index contributed by atoms with van der Waals surface area (Å²) in [5.74, 6) is -0.373. The second-order valence-electron chi connectivity index (χ2n) is 5.29. The van der Waals surface area contributed by atoms with Crippen molar-refractivity contribution in [2.75, 3.05) is 31.6 Å². The van der Waals surface area contributed by atoms with Crippen LogP contribution in [0.3, 0.4) is 0 Å². The molecule has 2 aromatic rings. The summed E-state index contributed by atoms with van der Waals surface area (Å²) < 4.78 is 5.26. The average Bonchev–Trinajstić information content (AvgIpc) is 3.11. The first-order valence-electron chi connectivity index (χ1n) is 7.78. The fourth-order valence-corrected chi connectivity index (χ4v) is 3.03. The Hall–Kier alpha value is -2.32. The van der Waals surface area contributed by atoms with Gasteiger partial charge in [-0.25, -0.2) is 0 Å². The van der Waals surface area contributed by atoms with Crippen LogP contribution in [-0.2, 0) is 11.2 Å². The number of nitrogens with one attached hydrogen (secondary N) is 1. The summed E-state index contributed by atoms with van der Waals surface area (Å²) >= 11 is 1.27. The van der Waals surface area contributed by atoms with Crippen LogP contribution < -0.4 is 5.32 Å². The Morgan fingerprint density at radius 2 is 2.08 bits per heavy atom. The van der Waals surface area contributed by atoms with E-state index in [1.165, 1.54) is 11.3 Å². The van der Waals surface area contributed by atoms with Crippen LogP contribution >= 0.6 is 11.3 Å². The lowest BCUT2D eigenvalue weighted by molar-refractivity contribution is 0.0303. The molecule has 1 N–H and O–H groups in total. The number of benzene rings is 1. The monoisotopic (exact) mass is 346 g/mol. The summed E-state index contributed by atoms with van der Waals surface area (Å²) in [6.45, 7) is 4.24. The van der Waals surface area contributed by atoms with Crippen molar-refractivity contribution >= 4 is 28.8 Å². The molecule has 8 heteroatoms. The summed E-state index contributed by atoms with van der Waals surface area (Å²) in [6.07, 6.45) is 0.745. The van der Waals surface area contributed by atoms with E-state index in [0.717, 1.165) is 11.4 Å². The van der Waals surface area contributed by atoms with E-state index in [9.17, 15) is 9.59 Å². The molecule has 1 aliphatic heterocycles. The number of aryl methyl sites for hydroxylation is 1. The van der Waals surface area contributed by atoms with E-state index in [1.807, 2.05) is 6.92 Å². The number of hydrogen-bond donors (Lipinski definition) is 1. The molecule has 2 heterocycles. The van der Waals surface area contributed by atoms with Crippen molar-refractivity contribution in [1.82, 2.24) is 15.1 Å². The zero-order valence-corrected chi connectivity index (χ0v) is 14.1. The van der Waals surface area contributed by atoms with Gasteiger partial charge in [0.2, 0.25) is 5.01 Å². The van der Waals surface area contributed by atoms with Gasteiger partial charge in [-0.2, -0.15) is 0 Å². The second kappa shape index (κ2) is 7.50. The van der Waals surface area contributed by atoms with Crippen LogP contribution in [0.4, 0.5) is 5.69 Å². The van der Waals surface area contributed by atoms with Crippen LogP contribution in [0.2, 0.25) is 0 Å². The first-order chi connectivity index (χ1) is 11.7. The van der Waals surface area contributed by atoms with Crippen LogP contribution in [0, 0.1) is 0 Å². The minimum Gasteiger partial charge on any atom is -0.378 e. The smallest absolute Gasteiger partial charge is 0.286 e. The van der Waals surface area contributed by atoms with Crippen molar-refractivity contribution in [3.8, 4) is 0 Å². The van der Waals surface area contributed by atoms with Crippen molar-refractivity contribution in [3.63, 3.8) is 0 Å². The molecule has 0 spiro atoms. The zero-order chi connectivity index (χ0) is 16.9. The molecule has 0 radical (unpaired) electrons. The van der Waals surface area contributed by atoms with Crippen molar-refractivity contribution in [3.05, 3.63) is 39.8 Å². The van der Waals surface area contributed by atoms with Crippen LogP contribution in [0.25, 0.3) is 0 Å². The lowest BCUT2D eigenvalue weighted by Crippen LogP contribution is -2.40. The highest BCUT2D eigenvalue weighted by Crippen LogP contribution is 2.16. The van der Waals surface area contributed by atoms with Gasteiger partial charge in [-0.3, -0.25) is 9.59 Å². The van der Waals surface area contributed by atoms with Crippen LogP contribution in [0.5, 0.6) is 0 Å². The second-order valence-corrected chi connectivity index (χ2v) is 6.36. The van der Waals surface area contributed by atoms with Gasteiger partial charge in [-0.15, -0.1) is 10.2 Å². The number of aromatic nitrogens is 2. The van der Waals surface area contributed by atoms with Crippen LogP contribution in [0.1, 0.15) is 32.1 Å². The fourth-order valence-electron chi connectivity index (χ4n) is 2.35. The van der Waals surface area contributed by atoms with Gasteiger partial charge in [0.05, 0.1) is 13.2 Å². The minimum absolute atomic E-state index is 0.0569. The summed E-state index contributed by atoms with van der Waals surface area (Å²) in [5, 5.41) is 11.7. The minimum atomic E-state index is -0.317. The van der Waals surface area contributed by atoms with Gasteiger partial charge >= 0.3 is 0 Å². The van der Waals surface area contributed by atoms with Gasteiger partial charge in [0.25, 0.3) is 11.8 Å². The standard InChI is InChI=1S/C16H18N4O3S/c1-2-13-18-19-15(24-13)14(21)17-12-5-3-4-11(10-12)16(22)20-6-8-23-9-7-20/h3-5,10H,2,6-9H2,1H3,(H,17,21). The molecule has 126 valence electrons. The zero-order valence-electron chi connectivity index (χ0n) is 13.3. The number of hydrogen-bond acceptors (Lipinski definition) is 6. The van der Waals surface area contributed by atoms with Crippen molar-refractivity contribution in [1.29, 1.82) is 0 Å². The number of anilines is 1. The third-order valence-corrected chi connectivity index (χ3v) is 4.70. The highest BCUT2D eigenvalue weighted by Gasteiger charge is 2.19. The molecule has 1 aromatic carbocycles. The van der Waals surface area contributed by atoms with Gasteiger partial charge < -0.3 is 15.0 Å². The van der Waals surface area contributed by atoms with Gasteiger partial charge in [-0.1, -0.05) is 24.3 Å². The third-order valence-electron chi connectivity index (χ3n) is 3.63. The van der Waals surface area contributed by atoms with E-state index in [4.69, 9.17) is 4.74 Å². The van der Waals surface area contributed by atoms with Crippen LogP contribution in [-0.4, -0.2) is 53.2 Å². The summed E-state index contributed by atoms with van der Waals surface area (Å²) in [7, 11) is 0. The number of morpholine rings is 1. The fraction of sp³-hybridized carbons (Fsp3) is 0.375. The lowest BCUT2D eigenvalue weighted by atomic mass is 10.1. The highest BCUT2D eigenvalue weighted by atomic mass is 32.1. The maximum atomic E-state index is 12.5. The van der Waals surface area contributed by atoms with Gasteiger partial charge in [0.15, 0.2) is 0 Å². The van der Waals surface area contributed by atoms with E-state index < -0.39 is 0 Å². The van der Waals surface area contributed by atoms with Crippen LogP contribution in [0.15, 0.2) is 24.3 Å². The Morgan fingerprint density at radius 3 is 2.79 bits per heavy atom. The quantitative estimate of drug-likeness (QED) is 0.913. The first kappa shape index (κ1) is 16.5. The molecule has 0 aliphatic carbocycles. The molecule has 1 saturated heterocycles. The maximum absolute atomic E-state index is 12.5. The number of ether oxygens (including phenoxy) is 1. The molecule has 1 fully saturated rings. The SMILES string of the molecule is CCc1nnc(C(=O)Nc2cccc(C(=O)N3CCOCC3)c2)s1. The summed E-state index contributed by atoms with van der Waals surface area (Å²) in [4.78, 5) is 26.5. The molecule has 0 unspecified atom stereocenters. The van der Waals surface area contributed by atoms with E-state index >= 15 is 0 Å². The Bertz CT molecular complexity index is 740. The van der Waals surface area contributed by atoms with Crippen molar-refractivity contribution < 1.29 is 14.3 Å². The third kappa shape index (κ3) is 3.77. The number of amides is 2. The molecular weight excluding hydrogens is 328 g/mol. The molecule has 1 aliphatic rings. The van der Waals surface area contributed by atoms with E-state index in [0.29, 0.717) is 42.6 Å². The molecule has 24 heavy (non-hydrogen) atoms.